The molecule has 138 valence electrons. The third-order valence-corrected chi connectivity index (χ3v) is 6.93. The van der Waals surface area contributed by atoms with E-state index in [9.17, 15) is 10.2 Å². The second-order valence-electron chi connectivity index (χ2n) is 8.98. The molecule has 2 fully saturated rings. The molecule has 0 spiro atoms. The highest BCUT2D eigenvalue weighted by molar-refractivity contribution is 5.67. The molecule has 2 saturated carbocycles. The van der Waals surface area contributed by atoms with Gasteiger partial charge in [-0.3, -0.25) is 0 Å². The number of hydrogen-bond acceptors (Lipinski definition) is 3. The van der Waals surface area contributed by atoms with Gasteiger partial charge in [-0.25, -0.2) is 0 Å². The van der Waals surface area contributed by atoms with Crippen molar-refractivity contribution in [3.63, 3.8) is 0 Å². The lowest BCUT2D eigenvalue weighted by atomic mass is 9.48. The molecular weight excluding hydrogens is 312 g/mol. The van der Waals surface area contributed by atoms with Gasteiger partial charge in [0.15, 0.2) is 11.5 Å². The van der Waals surface area contributed by atoms with Gasteiger partial charge in [-0.1, -0.05) is 45.8 Å². The summed E-state index contributed by atoms with van der Waals surface area (Å²) in [6.45, 7) is 9.54. The SMILES string of the molecule is COc1cc(O)cc(C=C2C(C)CCC3C(C)(C)CCCC23C)c1O. The summed E-state index contributed by atoms with van der Waals surface area (Å²) >= 11 is 0. The van der Waals surface area contributed by atoms with Gasteiger partial charge < -0.3 is 14.9 Å². The normalized spacial score (nSPS) is 33.1. The molecule has 25 heavy (non-hydrogen) atoms. The Morgan fingerprint density at radius 2 is 1.84 bits per heavy atom. The zero-order valence-corrected chi connectivity index (χ0v) is 16.2. The summed E-state index contributed by atoms with van der Waals surface area (Å²) in [5.74, 6) is 1.71. The lowest BCUT2D eigenvalue weighted by Gasteiger charge is -2.56. The monoisotopic (exact) mass is 344 g/mol. The maximum atomic E-state index is 10.5. The van der Waals surface area contributed by atoms with E-state index in [1.54, 1.807) is 6.07 Å². The molecule has 3 heteroatoms. The highest BCUT2D eigenvalue weighted by Gasteiger charge is 2.51. The first-order chi connectivity index (χ1) is 11.7. The first kappa shape index (κ1) is 18.2. The van der Waals surface area contributed by atoms with E-state index < -0.39 is 0 Å². The van der Waals surface area contributed by atoms with Crippen LogP contribution in [-0.4, -0.2) is 17.3 Å². The smallest absolute Gasteiger partial charge is 0.165 e. The van der Waals surface area contributed by atoms with Crippen LogP contribution in [0.2, 0.25) is 0 Å². The van der Waals surface area contributed by atoms with Gasteiger partial charge in [-0.15, -0.1) is 0 Å². The summed E-state index contributed by atoms with van der Waals surface area (Å²) in [6, 6.07) is 3.09. The van der Waals surface area contributed by atoms with E-state index in [2.05, 4.69) is 33.8 Å². The van der Waals surface area contributed by atoms with E-state index in [4.69, 9.17) is 4.74 Å². The predicted molar refractivity (Wildman–Crippen MR) is 102 cm³/mol. The number of phenols is 2. The van der Waals surface area contributed by atoms with E-state index in [0.717, 1.165) is 0 Å². The van der Waals surface area contributed by atoms with Crippen molar-refractivity contribution in [2.24, 2.45) is 22.7 Å². The van der Waals surface area contributed by atoms with Gasteiger partial charge in [0.05, 0.1) is 7.11 Å². The Morgan fingerprint density at radius 1 is 1.12 bits per heavy atom. The maximum absolute atomic E-state index is 10.5. The minimum atomic E-state index is 0.112. The Morgan fingerprint density at radius 3 is 2.52 bits per heavy atom. The summed E-state index contributed by atoms with van der Waals surface area (Å²) in [4.78, 5) is 0. The van der Waals surface area contributed by atoms with Gasteiger partial charge >= 0.3 is 0 Å². The summed E-state index contributed by atoms with van der Waals surface area (Å²) in [5, 5.41) is 20.5. The third-order valence-electron chi connectivity index (χ3n) is 6.93. The van der Waals surface area contributed by atoms with Crippen LogP contribution < -0.4 is 4.74 Å². The molecule has 0 aliphatic heterocycles. The van der Waals surface area contributed by atoms with Crippen LogP contribution in [0.4, 0.5) is 0 Å². The minimum absolute atomic E-state index is 0.112. The van der Waals surface area contributed by atoms with Crippen LogP contribution in [0.15, 0.2) is 17.7 Å². The summed E-state index contributed by atoms with van der Waals surface area (Å²) in [7, 11) is 1.51. The van der Waals surface area contributed by atoms with Gasteiger partial charge in [0.2, 0.25) is 0 Å². The van der Waals surface area contributed by atoms with E-state index in [0.29, 0.717) is 28.6 Å². The molecule has 3 nitrogen and oxygen atoms in total. The molecule has 3 atom stereocenters. The van der Waals surface area contributed by atoms with Crippen molar-refractivity contribution in [1.29, 1.82) is 0 Å². The lowest BCUT2D eigenvalue weighted by Crippen LogP contribution is -2.47. The predicted octanol–water partition coefficient (Wildman–Crippen LogP) is 5.75. The molecule has 2 aliphatic carbocycles. The van der Waals surface area contributed by atoms with E-state index >= 15 is 0 Å². The Bertz CT molecular complexity index is 689. The van der Waals surface area contributed by atoms with Crippen LogP contribution in [0, 0.1) is 22.7 Å². The van der Waals surface area contributed by atoms with Crippen molar-refractivity contribution in [3.05, 3.63) is 23.3 Å². The fourth-order valence-electron chi connectivity index (χ4n) is 5.67. The summed E-state index contributed by atoms with van der Waals surface area (Å²) in [5.41, 5.74) is 2.58. The highest BCUT2D eigenvalue weighted by Crippen LogP contribution is 2.61. The molecule has 0 radical (unpaired) electrons. The Labute approximate surface area is 151 Å². The Balaban J connectivity index is 2.11. The number of rotatable bonds is 2. The van der Waals surface area contributed by atoms with Gasteiger partial charge in [-0.2, -0.15) is 0 Å². The zero-order chi connectivity index (χ0) is 18.4. The van der Waals surface area contributed by atoms with Crippen molar-refractivity contribution in [3.8, 4) is 17.2 Å². The molecular formula is C22H32O3. The molecule has 3 unspecified atom stereocenters. The van der Waals surface area contributed by atoms with Crippen molar-refractivity contribution >= 4 is 6.08 Å². The highest BCUT2D eigenvalue weighted by atomic mass is 16.5. The third kappa shape index (κ3) is 3.02. The van der Waals surface area contributed by atoms with Gasteiger partial charge in [0, 0.05) is 11.6 Å². The minimum Gasteiger partial charge on any atom is -0.508 e. The van der Waals surface area contributed by atoms with Crippen molar-refractivity contribution < 1.29 is 14.9 Å². The molecule has 2 aliphatic rings. The number of allylic oxidation sites excluding steroid dienone is 1. The second-order valence-corrected chi connectivity index (χ2v) is 8.98. The van der Waals surface area contributed by atoms with Gasteiger partial charge in [0.25, 0.3) is 0 Å². The number of ether oxygens (including phenoxy) is 1. The molecule has 0 saturated heterocycles. The summed E-state index contributed by atoms with van der Waals surface area (Å²) in [6.07, 6.45) is 8.33. The average Bonchev–Trinajstić information content (AvgIpc) is 2.52. The fourth-order valence-corrected chi connectivity index (χ4v) is 5.67. The molecule has 1 aromatic carbocycles. The molecule has 0 amide bonds. The Kier molecular flexibility index (Phi) is 4.55. The average molecular weight is 344 g/mol. The number of phenolic OH excluding ortho intramolecular Hbond substituents is 2. The first-order valence-electron chi connectivity index (χ1n) is 9.51. The second kappa shape index (κ2) is 6.26. The zero-order valence-electron chi connectivity index (χ0n) is 16.2. The van der Waals surface area contributed by atoms with Crippen LogP contribution in [0.1, 0.15) is 65.4 Å². The van der Waals surface area contributed by atoms with Gasteiger partial charge in [-0.05, 0) is 54.4 Å². The Hall–Kier alpha value is -1.64. The summed E-state index contributed by atoms with van der Waals surface area (Å²) < 4.78 is 5.21. The van der Waals surface area contributed by atoms with E-state index in [1.807, 2.05) is 0 Å². The molecule has 0 aromatic heterocycles. The molecule has 0 bridgehead atoms. The topological polar surface area (TPSA) is 49.7 Å². The van der Waals surface area contributed by atoms with Crippen LogP contribution in [0.3, 0.4) is 0 Å². The van der Waals surface area contributed by atoms with Crippen molar-refractivity contribution in [2.45, 2.75) is 59.8 Å². The number of aromatic hydroxyl groups is 2. The standard InChI is InChI=1S/C22H32O3/c1-14-7-8-19-21(2,3)9-6-10-22(19,4)17(14)12-15-11-16(23)13-18(25-5)20(15)24/h11-14,19,23-24H,6-10H2,1-5H3. The van der Waals surface area contributed by atoms with Crippen LogP contribution in [0.5, 0.6) is 17.2 Å². The van der Waals surface area contributed by atoms with E-state index in [-0.39, 0.29) is 16.9 Å². The van der Waals surface area contributed by atoms with Crippen LogP contribution in [-0.2, 0) is 0 Å². The molecule has 1 aromatic rings. The number of fused-ring (bicyclic) bond motifs is 1. The number of benzene rings is 1. The number of methoxy groups -OCH3 is 1. The molecule has 2 N–H and O–H groups in total. The van der Waals surface area contributed by atoms with Crippen molar-refractivity contribution in [2.75, 3.05) is 7.11 Å². The molecule has 3 rings (SSSR count). The first-order valence-corrected chi connectivity index (χ1v) is 9.51. The van der Waals surface area contributed by atoms with Crippen molar-refractivity contribution in [1.82, 2.24) is 0 Å². The number of hydrogen-bond donors (Lipinski definition) is 2. The lowest BCUT2D eigenvalue weighted by molar-refractivity contribution is -0.00535. The van der Waals surface area contributed by atoms with Crippen LogP contribution in [0.25, 0.3) is 6.08 Å². The quantitative estimate of drug-likeness (QED) is 0.671. The largest absolute Gasteiger partial charge is 0.508 e. The maximum Gasteiger partial charge on any atom is 0.165 e. The van der Waals surface area contributed by atoms with Gasteiger partial charge in [0.1, 0.15) is 5.75 Å². The fraction of sp³-hybridized carbons (Fsp3) is 0.636. The van der Waals surface area contributed by atoms with E-state index in [1.165, 1.54) is 50.9 Å². The molecule has 0 heterocycles. The van der Waals surface area contributed by atoms with Crippen LogP contribution >= 0.6 is 0 Å².